The van der Waals surface area contributed by atoms with Gasteiger partial charge < -0.3 is 15.7 Å². The molecule has 3 N–H and O–H groups in total. The number of piperidine rings is 1. The number of nitrogens with one attached hydrogen (secondary N) is 2. The van der Waals surface area contributed by atoms with Crippen molar-refractivity contribution in [3.8, 4) is 0 Å². The zero-order valence-electron chi connectivity index (χ0n) is 14.4. The minimum Gasteiger partial charge on any atom is -0.396 e. The van der Waals surface area contributed by atoms with Gasteiger partial charge in [0.2, 0.25) is 0 Å². The van der Waals surface area contributed by atoms with Gasteiger partial charge in [0.25, 0.3) is 0 Å². The standard InChI is InChI=1S/C17H33N3O2/c1-17(2,3)20-10-8-14(9-11-20)18-16(22)19-15-7-5-4-6-13(15)12-21/h13-15,21H,4-12H2,1-3H3,(H2,18,19,22). The van der Waals surface area contributed by atoms with E-state index >= 15 is 0 Å². The van der Waals surface area contributed by atoms with Crippen molar-refractivity contribution in [1.29, 1.82) is 0 Å². The summed E-state index contributed by atoms with van der Waals surface area (Å²) in [5.74, 6) is 0.224. The molecule has 1 heterocycles. The molecule has 0 aromatic rings. The average Bonchev–Trinajstić information content (AvgIpc) is 2.47. The molecule has 2 unspecified atom stereocenters. The van der Waals surface area contributed by atoms with Gasteiger partial charge in [-0.15, -0.1) is 0 Å². The second kappa shape index (κ2) is 7.64. The number of nitrogens with zero attached hydrogens (tertiary/aromatic N) is 1. The van der Waals surface area contributed by atoms with E-state index in [1.54, 1.807) is 0 Å². The van der Waals surface area contributed by atoms with E-state index in [1.165, 1.54) is 0 Å². The summed E-state index contributed by atoms with van der Waals surface area (Å²) in [6.07, 6.45) is 6.34. The third-order valence-corrected chi connectivity index (χ3v) is 5.24. The highest BCUT2D eigenvalue weighted by Gasteiger charge is 2.29. The van der Waals surface area contributed by atoms with Crippen molar-refractivity contribution in [3.63, 3.8) is 0 Å². The molecule has 2 aliphatic rings. The van der Waals surface area contributed by atoms with Gasteiger partial charge in [-0.3, -0.25) is 4.90 Å². The van der Waals surface area contributed by atoms with Crippen LogP contribution in [-0.2, 0) is 0 Å². The molecule has 5 heteroatoms. The number of rotatable bonds is 3. The Labute approximate surface area is 134 Å². The van der Waals surface area contributed by atoms with E-state index in [0.717, 1.165) is 51.6 Å². The van der Waals surface area contributed by atoms with Crippen LogP contribution >= 0.6 is 0 Å². The Balaban J connectivity index is 1.74. The number of aliphatic hydroxyl groups excluding tert-OH is 1. The molecular weight excluding hydrogens is 278 g/mol. The fraction of sp³-hybridized carbons (Fsp3) is 0.941. The molecule has 5 nitrogen and oxygen atoms in total. The molecule has 2 amide bonds. The van der Waals surface area contributed by atoms with E-state index < -0.39 is 0 Å². The lowest BCUT2D eigenvalue weighted by Crippen LogP contribution is -2.54. The Hall–Kier alpha value is -0.810. The summed E-state index contributed by atoms with van der Waals surface area (Å²) in [5.41, 5.74) is 0.212. The van der Waals surface area contributed by atoms with E-state index in [-0.39, 0.29) is 36.2 Å². The average molecular weight is 311 g/mol. The van der Waals surface area contributed by atoms with Gasteiger partial charge in [0, 0.05) is 43.2 Å². The summed E-state index contributed by atoms with van der Waals surface area (Å²) in [4.78, 5) is 14.7. The van der Waals surface area contributed by atoms with Crippen molar-refractivity contribution in [2.75, 3.05) is 19.7 Å². The molecule has 1 aliphatic carbocycles. The second-order valence-electron chi connectivity index (χ2n) is 7.88. The van der Waals surface area contributed by atoms with Crippen LogP contribution < -0.4 is 10.6 Å². The third-order valence-electron chi connectivity index (χ3n) is 5.24. The maximum atomic E-state index is 12.2. The van der Waals surface area contributed by atoms with Crippen LogP contribution in [0.5, 0.6) is 0 Å². The maximum Gasteiger partial charge on any atom is 0.315 e. The third kappa shape index (κ3) is 4.85. The molecule has 2 fully saturated rings. The number of hydrogen-bond donors (Lipinski definition) is 3. The number of hydrogen-bond acceptors (Lipinski definition) is 3. The summed E-state index contributed by atoms with van der Waals surface area (Å²) in [5, 5.41) is 15.6. The molecule has 2 rings (SSSR count). The van der Waals surface area contributed by atoms with Gasteiger partial charge in [-0.1, -0.05) is 12.8 Å². The lowest BCUT2D eigenvalue weighted by molar-refractivity contribution is 0.0971. The minimum atomic E-state index is -0.0560. The number of amides is 2. The van der Waals surface area contributed by atoms with Crippen LogP contribution in [-0.4, -0.2) is 53.4 Å². The summed E-state index contributed by atoms with van der Waals surface area (Å²) in [6, 6.07) is 0.350. The SMILES string of the molecule is CC(C)(C)N1CCC(NC(=O)NC2CCCCC2CO)CC1. The molecular formula is C17H33N3O2. The van der Waals surface area contributed by atoms with Crippen molar-refractivity contribution in [1.82, 2.24) is 15.5 Å². The number of likely N-dealkylation sites (tertiary alicyclic amines) is 1. The van der Waals surface area contributed by atoms with Crippen LogP contribution in [0.25, 0.3) is 0 Å². The van der Waals surface area contributed by atoms with Crippen molar-refractivity contribution < 1.29 is 9.90 Å². The van der Waals surface area contributed by atoms with Crippen molar-refractivity contribution in [2.24, 2.45) is 5.92 Å². The first-order chi connectivity index (χ1) is 10.4. The molecule has 0 aromatic heterocycles. The largest absolute Gasteiger partial charge is 0.396 e. The van der Waals surface area contributed by atoms with E-state index in [2.05, 4.69) is 36.3 Å². The lowest BCUT2D eigenvalue weighted by Gasteiger charge is -2.41. The Bertz CT molecular complexity index is 359. The van der Waals surface area contributed by atoms with E-state index in [9.17, 15) is 9.90 Å². The topological polar surface area (TPSA) is 64.6 Å². The van der Waals surface area contributed by atoms with Gasteiger partial charge in [0.05, 0.1) is 0 Å². The van der Waals surface area contributed by atoms with Gasteiger partial charge in [-0.05, 0) is 46.5 Å². The summed E-state index contributed by atoms with van der Waals surface area (Å²) in [6.45, 7) is 8.98. The number of aliphatic hydroxyl groups is 1. The molecule has 1 aliphatic heterocycles. The van der Waals surface area contributed by atoms with Crippen LogP contribution in [0, 0.1) is 5.92 Å². The van der Waals surface area contributed by atoms with Gasteiger partial charge in [-0.2, -0.15) is 0 Å². The minimum absolute atomic E-state index is 0.0560. The van der Waals surface area contributed by atoms with Gasteiger partial charge in [0.15, 0.2) is 0 Å². The zero-order valence-corrected chi connectivity index (χ0v) is 14.4. The summed E-state index contributed by atoms with van der Waals surface area (Å²) < 4.78 is 0. The van der Waals surface area contributed by atoms with E-state index in [0.29, 0.717) is 0 Å². The van der Waals surface area contributed by atoms with Gasteiger partial charge >= 0.3 is 6.03 Å². The summed E-state index contributed by atoms with van der Waals surface area (Å²) in [7, 11) is 0. The lowest BCUT2D eigenvalue weighted by atomic mass is 9.85. The quantitative estimate of drug-likeness (QED) is 0.748. The molecule has 0 bridgehead atoms. The molecule has 0 spiro atoms. The Morgan fingerprint density at radius 1 is 1.09 bits per heavy atom. The Kier molecular flexibility index (Phi) is 6.09. The first-order valence-electron chi connectivity index (χ1n) is 8.83. The normalized spacial score (nSPS) is 28.4. The van der Waals surface area contributed by atoms with E-state index in [1.807, 2.05) is 0 Å². The Morgan fingerprint density at radius 3 is 2.32 bits per heavy atom. The van der Waals surface area contributed by atoms with Crippen LogP contribution in [0.1, 0.15) is 59.3 Å². The van der Waals surface area contributed by atoms with Crippen LogP contribution in [0.4, 0.5) is 4.79 Å². The van der Waals surface area contributed by atoms with Crippen molar-refractivity contribution >= 4 is 6.03 Å². The van der Waals surface area contributed by atoms with Gasteiger partial charge in [0.1, 0.15) is 0 Å². The van der Waals surface area contributed by atoms with Crippen LogP contribution in [0.2, 0.25) is 0 Å². The highest BCUT2D eigenvalue weighted by atomic mass is 16.3. The summed E-state index contributed by atoms with van der Waals surface area (Å²) >= 11 is 0. The first kappa shape index (κ1) is 17.5. The molecule has 2 atom stereocenters. The fourth-order valence-electron chi connectivity index (χ4n) is 3.71. The smallest absolute Gasteiger partial charge is 0.315 e. The molecule has 22 heavy (non-hydrogen) atoms. The van der Waals surface area contributed by atoms with Crippen molar-refractivity contribution in [3.05, 3.63) is 0 Å². The number of urea groups is 1. The molecule has 1 saturated heterocycles. The first-order valence-corrected chi connectivity index (χ1v) is 8.83. The zero-order chi connectivity index (χ0) is 16.2. The van der Waals surface area contributed by atoms with Crippen LogP contribution in [0.3, 0.4) is 0 Å². The van der Waals surface area contributed by atoms with E-state index in [4.69, 9.17) is 0 Å². The number of carbonyl (C=O) groups is 1. The molecule has 128 valence electrons. The molecule has 0 aromatic carbocycles. The van der Waals surface area contributed by atoms with Gasteiger partial charge in [-0.25, -0.2) is 4.79 Å². The predicted octanol–water partition coefficient (Wildman–Crippen LogP) is 2.10. The highest BCUT2D eigenvalue weighted by molar-refractivity contribution is 5.74. The molecule has 1 saturated carbocycles. The second-order valence-corrected chi connectivity index (χ2v) is 7.88. The predicted molar refractivity (Wildman–Crippen MR) is 88.8 cm³/mol. The fourth-order valence-corrected chi connectivity index (χ4v) is 3.71. The highest BCUT2D eigenvalue weighted by Crippen LogP contribution is 2.24. The number of carbonyl (C=O) groups excluding carboxylic acids is 1. The maximum absolute atomic E-state index is 12.2. The van der Waals surface area contributed by atoms with Crippen molar-refractivity contribution in [2.45, 2.75) is 76.9 Å². The Morgan fingerprint density at radius 2 is 1.73 bits per heavy atom. The molecule has 0 radical (unpaired) electrons. The monoisotopic (exact) mass is 311 g/mol. The van der Waals surface area contributed by atoms with Crippen LogP contribution in [0.15, 0.2) is 0 Å².